The van der Waals surface area contributed by atoms with Gasteiger partial charge in [-0.3, -0.25) is 4.79 Å². The molecule has 4 nitrogen and oxygen atoms in total. The molecule has 2 aromatic heterocycles. The van der Waals surface area contributed by atoms with Gasteiger partial charge in [-0.25, -0.2) is 4.98 Å². The number of aromatic nitrogens is 2. The van der Waals surface area contributed by atoms with Gasteiger partial charge in [0.05, 0.1) is 5.54 Å². The fourth-order valence-electron chi connectivity index (χ4n) is 3.10. The number of nitrogens with one attached hydrogen (secondary N) is 1. The van der Waals surface area contributed by atoms with Gasteiger partial charge in [0.1, 0.15) is 5.01 Å². The molecule has 0 atom stereocenters. The predicted molar refractivity (Wildman–Crippen MR) is 88.3 cm³/mol. The van der Waals surface area contributed by atoms with Crippen LogP contribution in [0.25, 0.3) is 0 Å². The smallest absolute Gasteiger partial charge is 0.304 e. The second-order valence-corrected chi connectivity index (χ2v) is 7.48. The summed E-state index contributed by atoms with van der Waals surface area (Å²) in [6.45, 7) is 5.60. The minimum Gasteiger partial charge on any atom is -0.304 e. The molecule has 1 N–H and O–H groups in total. The summed E-state index contributed by atoms with van der Waals surface area (Å²) < 4.78 is 1.85. The maximum atomic E-state index is 11.8. The van der Waals surface area contributed by atoms with E-state index in [1.54, 1.807) is 11.3 Å². The zero-order chi connectivity index (χ0) is 14.9. The molecule has 0 spiro atoms. The minimum atomic E-state index is 0.0342. The van der Waals surface area contributed by atoms with Crippen LogP contribution in [-0.2, 0) is 12.1 Å². The fraction of sp³-hybridized carbons (Fsp3) is 0.600. The van der Waals surface area contributed by atoms with Gasteiger partial charge in [-0.05, 0) is 26.7 Å². The molecule has 6 heteroatoms. The van der Waals surface area contributed by atoms with Gasteiger partial charge in [-0.2, -0.15) is 0 Å². The van der Waals surface area contributed by atoms with E-state index < -0.39 is 0 Å². The summed E-state index contributed by atoms with van der Waals surface area (Å²) in [5, 5.41) is 8.98. The van der Waals surface area contributed by atoms with Crippen LogP contribution in [0.15, 0.2) is 15.6 Å². The summed E-state index contributed by atoms with van der Waals surface area (Å²) in [7, 11) is 0. The van der Waals surface area contributed by atoms with E-state index in [1.807, 2.05) is 16.9 Å². The molecule has 1 aliphatic carbocycles. The summed E-state index contributed by atoms with van der Waals surface area (Å²) >= 11 is 3.04. The van der Waals surface area contributed by atoms with Gasteiger partial charge in [0, 0.05) is 35.2 Å². The van der Waals surface area contributed by atoms with Crippen molar-refractivity contribution in [3.05, 3.63) is 36.8 Å². The van der Waals surface area contributed by atoms with E-state index in [9.17, 15) is 4.79 Å². The molecule has 2 heterocycles. The highest BCUT2D eigenvalue weighted by atomic mass is 32.1. The van der Waals surface area contributed by atoms with Crippen LogP contribution in [0.4, 0.5) is 0 Å². The second-order valence-electron chi connectivity index (χ2n) is 5.80. The Morgan fingerprint density at radius 1 is 1.29 bits per heavy atom. The number of nitrogens with zero attached hydrogens (tertiary/aromatic N) is 2. The first kappa shape index (κ1) is 14.9. The first-order chi connectivity index (χ1) is 10.1. The van der Waals surface area contributed by atoms with Crippen molar-refractivity contribution in [1.82, 2.24) is 14.9 Å². The zero-order valence-corrected chi connectivity index (χ0v) is 14.1. The van der Waals surface area contributed by atoms with Crippen molar-refractivity contribution >= 4 is 22.7 Å². The van der Waals surface area contributed by atoms with E-state index in [0.29, 0.717) is 0 Å². The molecule has 0 saturated heterocycles. The van der Waals surface area contributed by atoms with Crippen LogP contribution in [0.5, 0.6) is 0 Å². The van der Waals surface area contributed by atoms with Crippen molar-refractivity contribution in [3.63, 3.8) is 0 Å². The topological polar surface area (TPSA) is 46.9 Å². The maximum Gasteiger partial charge on any atom is 0.307 e. The molecule has 0 aliphatic heterocycles. The molecule has 3 rings (SSSR count). The third kappa shape index (κ3) is 2.98. The molecule has 114 valence electrons. The highest BCUT2D eigenvalue weighted by Gasteiger charge is 2.37. The molecule has 1 fully saturated rings. The van der Waals surface area contributed by atoms with E-state index in [2.05, 4.69) is 17.6 Å². The van der Waals surface area contributed by atoms with Crippen molar-refractivity contribution in [1.29, 1.82) is 0 Å². The Balaban J connectivity index is 1.71. The van der Waals surface area contributed by atoms with E-state index in [0.717, 1.165) is 37.3 Å². The quantitative estimate of drug-likeness (QED) is 0.920. The van der Waals surface area contributed by atoms with E-state index in [4.69, 9.17) is 4.98 Å². The Bertz CT molecular complexity index is 665. The highest BCUT2D eigenvalue weighted by molar-refractivity contribution is 7.09. The highest BCUT2D eigenvalue weighted by Crippen LogP contribution is 2.39. The van der Waals surface area contributed by atoms with Gasteiger partial charge in [-0.15, -0.1) is 11.3 Å². The molecule has 0 bridgehead atoms. The second kappa shape index (κ2) is 6.02. The van der Waals surface area contributed by atoms with Gasteiger partial charge in [0.25, 0.3) is 0 Å². The molecule has 0 amide bonds. The third-order valence-electron chi connectivity index (χ3n) is 4.26. The standard InChI is InChI=1S/C15H21N3OS2/c1-11-9-20-13(17-11)15(5-3-4-6-15)16-7-8-18-12(2)10-21-14(18)19/h9-10,16H,3-8H2,1-2H3. The van der Waals surface area contributed by atoms with Crippen molar-refractivity contribution < 1.29 is 0 Å². The molecule has 2 aromatic rings. The molecule has 0 unspecified atom stereocenters. The van der Waals surface area contributed by atoms with Crippen molar-refractivity contribution in [3.8, 4) is 0 Å². The van der Waals surface area contributed by atoms with E-state index in [-0.39, 0.29) is 10.4 Å². The summed E-state index contributed by atoms with van der Waals surface area (Å²) in [6.07, 6.45) is 4.81. The average molecular weight is 323 g/mol. The fourth-order valence-corrected chi connectivity index (χ4v) is 4.89. The summed E-state index contributed by atoms with van der Waals surface area (Å²) in [5.41, 5.74) is 2.19. The lowest BCUT2D eigenvalue weighted by Gasteiger charge is -2.28. The number of hydrogen-bond acceptors (Lipinski definition) is 5. The lowest BCUT2D eigenvalue weighted by atomic mass is 9.98. The summed E-state index contributed by atoms with van der Waals surface area (Å²) in [5.74, 6) is 0. The van der Waals surface area contributed by atoms with Gasteiger partial charge in [0.2, 0.25) is 0 Å². The molecular weight excluding hydrogens is 302 g/mol. The number of aryl methyl sites for hydroxylation is 2. The van der Waals surface area contributed by atoms with Gasteiger partial charge in [0.15, 0.2) is 0 Å². The molecule has 21 heavy (non-hydrogen) atoms. The third-order valence-corrected chi connectivity index (χ3v) is 6.31. The molecule has 0 aromatic carbocycles. The van der Waals surface area contributed by atoms with Crippen LogP contribution in [0.2, 0.25) is 0 Å². The Morgan fingerprint density at radius 2 is 2.05 bits per heavy atom. The number of rotatable bonds is 5. The Labute approximate surface area is 132 Å². The van der Waals surface area contributed by atoms with Crippen molar-refractivity contribution in [2.45, 2.75) is 51.6 Å². The lowest BCUT2D eigenvalue weighted by molar-refractivity contribution is 0.331. The van der Waals surface area contributed by atoms with Crippen LogP contribution in [0, 0.1) is 13.8 Å². The van der Waals surface area contributed by atoms with Gasteiger partial charge in [-0.1, -0.05) is 24.2 Å². The Hall–Kier alpha value is -0.980. The normalized spacial score (nSPS) is 17.4. The van der Waals surface area contributed by atoms with Crippen LogP contribution >= 0.6 is 22.7 Å². The lowest BCUT2D eigenvalue weighted by Crippen LogP contribution is -2.42. The molecular formula is C15H21N3OS2. The monoisotopic (exact) mass is 323 g/mol. The number of thiazole rings is 2. The predicted octanol–water partition coefficient (Wildman–Crippen LogP) is 3.04. The van der Waals surface area contributed by atoms with Crippen LogP contribution in [0.3, 0.4) is 0 Å². The number of hydrogen-bond donors (Lipinski definition) is 1. The van der Waals surface area contributed by atoms with Crippen LogP contribution in [-0.4, -0.2) is 16.1 Å². The van der Waals surface area contributed by atoms with E-state index in [1.165, 1.54) is 29.2 Å². The van der Waals surface area contributed by atoms with Crippen molar-refractivity contribution in [2.24, 2.45) is 0 Å². The zero-order valence-electron chi connectivity index (χ0n) is 12.5. The maximum absolute atomic E-state index is 11.8. The van der Waals surface area contributed by atoms with Gasteiger partial charge >= 0.3 is 4.87 Å². The Morgan fingerprint density at radius 3 is 2.62 bits per heavy atom. The van der Waals surface area contributed by atoms with Crippen LogP contribution in [0.1, 0.15) is 42.1 Å². The molecule has 0 radical (unpaired) electrons. The first-order valence-electron chi connectivity index (χ1n) is 7.43. The Kier molecular flexibility index (Phi) is 4.28. The summed E-state index contributed by atoms with van der Waals surface area (Å²) in [4.78, 5) is 16.6. The first-order valence-corrected chi connectivity index (χ1v) is 9.19. The average Bonchev–Trinajstić information content (AvgIpc) is 3.16. The summed E-state index contributed by atoms with van der Waals surface area (Å²) in [6, 6.07) is 0. The van der Waals surface area contributed by atoms with Crippen molar-refractivity contribution in [2.75, 3.05) is 6.54 Å². The van der Waals surface area contributed by atoms with Gasteiger partial charge < -0.3 is 9.88 Å². The SMILES string of the molecule is Cc1csc(C2(NCCn3c(C)csc3=O)CCCC2)n1. The largest absolute Gasteiger partial charge is 0.307 e. The minimum absolute atomic E-state index is 0.0342. The molecule has 1 aliphatic rings. The molecule has 1 saturated carbocycles. The van der Waals surface area contributed by atoms with Crippen LogP contribution < -0.4 is 10.2 Å². The van der Waals surface area contributed by atoms with E-state index >= 15 is 0 Å².